The molecule has 24 heavy (non-hydrogen) atoms. The van der Waals surface area contributed by atoms with Gasteiger partial charge in [-0.15, -0.1) is 0 Å². The van der Waals surface area contributed by atoms with Crippen LogP contribution in [0.15, 0.2) is 30.3 Å². The van der Waals surface area contributed by atoms with Crippen LogP contribution >= 0.6 is 0 Å². The van der Waals surface area contributed by atoms with Gasteiger partial charge in [-0.3, -0.25) is 9.59 Å². The van der Waals surface area contributed by atoms with Gasteiger partial charge in [0.2, 0.25) is 11.8 Å². The number of hydrogen-bond acceptors (Lipinski definition) is 4. The number of benzene rings is 1. The zero-order chi connectivity index (χ0) is 16.9. The van der Waals surface area contributed by atoms with Crippen LogP contribution in [0.5, 0.6) is 0 Å². The van der Waals surface area contributed by atoms with Crippen molar-refractivity contribution in [1.29, 1.82) is 0 Å². The Bertz CT molecular complexity index is 570. The Hall–Kier alpha value is -1.92. The molecule has 1 aromatic carbocycles. The van der Waals surface area contributed by atoms with Crippen LogP contribution in [0.2, 0.25) is 0 Å². The van der Waals surface area contributed by atoms with E-state index in [0.717, 1.165) is 5.56 Å². The Labute approximate surface area is 142 Å². The molecule has 0 aliphatic carbocycles. The van der Waals surface area contributed by atoms with E-state index in [1.807, 2.05) is 30.3 Å². The minimum absolute atomic E-state index is 0.00564. The van der Waals surface area contributed by atoms with Gasteiger partial charge < -0.3 is 19.3 Å². The van der Waals surface area contributed by atoms with Crippen molar-refractivity contribution in [1.82, 2.24) is 9.80 Å². The highest BCUT2D eigenvalue weighted by Crippen LogP contribution is 2.18. The van der Waals surface area contributed by atoms with Crippen molar-refractivity contribution in [3.63, 3.8) is 0 Å². The predicted molar refractivity (Wildman–Crippen MR) is 88.2 cm³/mol. The second kappa shape index (κ2) is 7.77. The lowest BCUT2D eigenvalue weighted by atomic mass is 10.1. The third kappa shape index (κ3) is 3.94. The number of nitrogens with zero attached hydrogens (tertiary/aromatic N) is 2. The highest BCUT2D eigenvalue weighted by molar-refractivity contribution is 5.94. The van der Waals surface area contributed by atoms with Crippen molar-refractivity contribution in [2.24, 2.45) is 5.92 Å². The molecule has 0 spiro atoms. The molecule has 2 aliphatic rings. The highest BCUT2D eigenvalue weighted by atomic mass is 16.5. The summed E-state index contributed by atoms with van der Waals surface area (Å²) < 4.78 is 11.0. The molecule has 0 bridgehead atoms. The van der Waals surface area contributed by atoms with E-state index in [1.54, 1.807) is 16.7 Å². The van der Waals surface area contributed by atoms with Crippen LogP contribution in [-0.4, -0.2) is 67.2 Å². The molecule has 1 aromatic rings. The van der Waals surface area contributed by atoms with Gasteiger partial charge in [0, 0.05) is 19.0 Å². The van der Waals surface area contributed by atoms with Crippen LogP contribution in [0.25, 0.3) is 0 Å². The molecule has 0 aromatic heterocycles. The molecule has 0 N–H and O–H groups in total. The van der Waals surface area contributed by atoms with Gasteiger partial charge in [-0.25, -0.2) is 0 Å². The van der Waals surface area contributed by atoms with E-state index in [-0.39, 0.29) is 24.3 Å². The maximum Gasteiger partial charge on any atom is 0.245 e. The lowest BCUT2D eigenvalue weighted by Gasteiger charge is -2.40. The maximum atomic E-state index is 12.7. The Morgan fingerprint density at radius 3 is 2.42 bits per heavy atom. The second-order valence-corrected chi connectivity index (χ2v) is 6.42. The lowest BCUT2D eigenvalue weighted by molar-refractivity contribution is -0.156. The first-order valence-corrected chi connectivity index (χ1v) is 8.43. The monoisotopic (exact) mass is 332 g/mol. The van der Waals surface area contributed by atoms with Gasteiger partial charge in [0.1, 0.15) is 12.6 Å². The van der Waals surface area contributed by atoms with E-state index in [9.17, 15) is 9.59 Å². The maximum absolute atomic E-state index is 12.7. The van der Waals surface area contributed by atoms with Crippen LogP contribution in [0.4, 0.5) is 0 Å². The Morgan fingerprint density at radius 2 is 1.75 bits per heavy atom. The molecule has 3 rings (SSSR count). The average molecular weight is 332 g/mol. The van der Waals surface area contributed by atoms with Gasteiger partial charge >= 0.3 is 0 Å². The van der Waals surface area contributed by atoms with Gasteiger partial charge in [0.25, 0.3) is 0 Å². The molecule has 0 saturated carbocycles. The number of ether oxygens (including phenoxy) is 2. The number of rotatable bonds is 4. The Kier molecular flexibility index (Phi) is 5.48. The molecular formula is C18H24N2O4. The van der Waals surface area contributed by atoms with E-state index in [0.29, 0.717) is 39.5 Å². The fraction of sp³-hybridized carbons (Fsp3) is 0.556. The minimum Gasteiger partial charge on any atom is -0.379 e. The quantitative estimate of drug-likeness (QED) is 0.822. The third-order valence-electron chi connectivity index (χ3n) is 4.53. The summed E-state index contributed by atoms with van der Waals surface area (Å²) in [4.78, 5) is 28.5. The molecule has 130 valence electrons. The summed E-state index contributed by atoms with van der Waals surface area (Å²) in [6, 6.07) is 9.30. The van der Waals surface area contributed by atoms with Gasteiger partial charge in [0.15, 0.2) is 0 Å². The lowest BCUT2D eigenvalue weighted by Crippen LogP contribution is -2.59. The van der Waals surface area contributed by atoms with Crippen molar-refractivity contribution in [2.45, 2.75) is 19.5 Å². The van der Waals surface area contributed by atoms with Gasteiger partial charge in [-0.05, 0) is 12.5 Å². The predicted octanol–water partition coefficient (Wildman–Crippen LogP) is 0.909. The Balaban J connectivity index is 1.63. The van der Waals surface area contributed by atoms with Crippen LogP contribution in [-0.2, 0) is 25.6 Å². The molecular weight excluding hydrogens is 308 g/mol. The van der Waals surface area contributed by atoms with Crippen LogP contribution in [0, 0.1) is 5.92 Å². The summed E-state index contributed by atoms with van der Waals surface area (Å²) in [5, 5.41) is 0. The van der Waals surface area contributed by atoms with Gasteiger partial charge in [0.05, 0.1) is 26.4 Å². The fourth-order valence-corrected chi connectivity index (χ4v) is 3.19. The normalized spacial score (nSPS) is 23.5. The standard InChI is InChI=1S/C18H24N2O4/c1-14-18(22)19(9-15-5-3-2-4-6-15)11-17(21)20(14)10-16-12-23-7-8-24-13-16/h2-6,14,16H,7-13H2,1H3/t14-/m0/s1. The molecule has 2 fully saturated rings. The van der Waals surface area contributed by atoms with Crippen molar-refractivity contribution in [3.05, 3.63) is 35.9 Å². The van der Waals surface area contributed by atoms with E-state index in [2.05, 4.69) is 0 Å². The summed E-state index contributed by atoms with van der Waals surface area (Å²) in [7, 11) is 0. The molecule has 2 aliphatic heterocycles. The van der Waals surface area contributed by atoms with E-state index >= 15 is 0 Å². The summed E-state index contributed by atoms with van der Waals surface area (Å²) in [5.74, 6) is 0.101. The van der Waals surface area contributed by atoms with E-state index in [1.165, 1.54) is 0 Å². The summed E-state index contributed by atoms with van der Waals surface area (Å²) in [6.45, 7) is 5.22. The largest absolute Gasteiger partial charge is 0.379 e. The highest BCUT2D eigenvalue weighted by Gasteiger charge is 2.37. The van der Waals surface area contributed by atoms with E-state index in [4.69, 9.17) is 9.47 Å². The van der Waals surface area contributed by atoms with Crippen molar-refractivity contribution in [2.75, 3.05) is 39.5 Å². The molecule has 0 radical (unpaired) electrons. The van der Waals surface area contributed by atoms with Crippen LogP contribution in [0.3, 0.4) is 0 Å². The zero-order valence-electron chi connectivity index (χ0n) is 14.0. The molecule has 1 atom stereocenters. The van der Waals surface area contributed by atoms with Crippen molar-refractivity contribution >= 4 is 11.8 Å². The zero-order valence-corrected chi connectivity index (χ0v) is 14.0. The molecule has 6 nitrogen and oxygen atoms in total. The molecule has 0 unspecified atom stereocenters. The minimum atomic E-state index is -0.446. The first-order valence-electron chi connectivity index (χ1n) is 8.43. The second-order valence-electron chi connectivity index (χ2n) is 6.42. The average Bonchev–Trinajstić information content (AvgIpc) is 2.86. The molecule has 6 heteroatoms. The number of carbonyl (C=O) groups is 2. The van der Waals surface area contributed by atoms with Crippen molar-refractivity contribution in [3.8, 4) is 0 Å². The number of hydrogen-bond donors (Lipinski definition) is 0. The van der Waals surface area contributed by atoms with Gasteiger partial charge in [-0.2, -0.15) is 0 Å². The van der Waals surface area contributed by atoms with E-state index < -0.39 is 6.04 Å². The topological polar surface area (TPSA) is 59.1 Å². The van der Waals surface area contributed by atoms with Crippen molar-refractivity contribution < 1.29 is 19.1 Å². The SMILES string of the molecule is C[C@H]1C(=O)N(Cc2ccccc2)CC(=O)N1CC1COCCOC1. The first-order chi connectivity index (χ1) is 11.6. The number of piperazine rings is 1. The van der Waals surface area contributed by atoms with Crippen LogP contribution < -0.4 is 0 Å². The fourth-order valence-electron chi connectivity index (χ4n) is 3.19. The molecule has 2 saturated heterocycles. The first kappa shape index (κ1) is 16.9. The summed E-state index contributed by atoms with van der Waals surface area (Å²) >= 11 is 0. The Morgan fingerprint density at radius 1 is 1.08 bits per heavy atom. The summed E-state index contributed by atoms with van der Waals surface area (Å²) in [5.41, 5.74) is 1.03. The molecule has 2 heterocycles. The van der Waals surface area contributed by atoms with Gasteiger partial charge in [-0.1, -0.05) is 30.3 Å². The third-order valence-corrected chi connectivity index (χ3v) is 4.53. The number of amides is 2. The smallest absolute Gasteiger partial charge is 0.245 e. The van der Waals surface area contributed by atoms with Crippen LogP contribution in [0.1, 0.15) is 12.5 Å². The summed E-state index contributed by atoms with van der Waals surface area (Å²) in [6.07, 6.45) is 0. The molecule has 2 amide bonds. The number of carbonyl (C=O) groups excluding carboxylic acids is 2.